The molecule has 3 aromatic rings. The number of ether oxygens (including phenoxy) is 1. The zero-order valence-electron chi connectivity index (χ0n) is 16.4. The van der Waals surface area contributed by atoms with Crippen LogP contribution < -0.4 is 14.8 Å². The van der Waals surface area contributed by atoms with Crippen molar-refractivity contribution >= 4 is 27.3 Å². The zero-order valence-corrected chi connectivity index (χ0v) is 17.2. The van der Waals surface area contributed by atoms with E-state index in [1.54, 1.807) is 36.4 Å². The van der Waals surface area contributed by atoms with Gasteiger partial charge in [0.15, 0.2) is 0 Å². The van der Waals surface area contributed by atoms with Crippen molar-refractivity contribution in [2.75, 3.05) is 17.1 Å². The molecular weight excluding hydrogens is 388 g/mol. The Hall–Kier alpha value is -3.32. The van der Waals surface area contributed by atoms with Crippen LogP contribution >= 0.6 is 0 Å². The number of amides is 1. The van der Waals surface area contributed by atoms with Crippen LogP contribution in [0.25, 0.3) is 0 Å². The molecule has 2 N–H and O–H groups in total. The molecule has 0 radical (unpaired) electrons. The lowest BCUT2D eigenvalue weighted by molar-refractivity contribution is 0.102. The van der Waals surface area contributed by atoms with Gasteiger partial charge in [-0.3, -0.25) is 9.52 Å². The quantitative estimate of drug-likeness (QED) is 0.632. The van der Waals surface area contributed by atoms with Gasteiger partial charge >= 0.3 is 0 Å². The van der Waals surface area contributed by atoms with Crippen LogP contribution in [-0.2, 0) is 10.0 Å². The Morgan fingerprint density at radius 2 is 1.62 bits per heavy atom. The third kappa shape index (κ3) is 4.75. The fourth-order valence-electron chi connectivity index (χ4n) is 2.85. The van der Waals surface area contributed by atoms with E-state index >= 15 is 0 Å². The number of anilines is 2. The summed E-state index contributed by atoms with van der Waals surface area (Å²) in [7, 11) is -2.33. The predicted molar refractivity (Wildman–Crippen MR) is 114 cm³/mol. The molecule has 0 spiro atoms. The summed E-state index contributed by atoms with van der Waals surface area (Å²) >= 11 is 0. The Bertz CT molecular complexity index is 1140. The van der Waals surface area contributed by atoms with Crippen molar-refractivity contribution in [3.8, 4) is 5.75 Å². The molecule has 0 heterocycles. The molecule has 0 unspecified atom stereocenters. The van der Waals surface area contributed by atoms with Crippen molar-refractivity contribution in [1.29, 1.82) is 0 Å². The summed E-state index contributed by atoms with van der Waals surface area (Å²) in [5.74, 6) is 0.183. The van der Waals surface area contributed by atoms with E-state index in [-0.39, 0.29) is 10.8 Å². The van der Waals surface area contributed by atoms with E-state index in [0.717, 1.165) is 11.1 Å². The van der Waals surface area contributed by atoms with Gasteiger partial charge in [-0.25, -0.2) is 8.42 Å². The highest BCUT2D eigenvalue weighted by atomic mass is 32.2. The Labute approximate surface area is 170 Å². The molecule has 0 saturated heterocycles. The van der Waals surface area contributed by atoms with Crippen molar-refractivity contribution in [3.05, 3.63) is 83.4 Å². The Morgan fingerprint density at radius 1 is 0.931 bits per heavy atom. The first kappa shape index (κ1) is 20.4. The molecule has 29 heavy (non-hydrogen) atoms. The fourth-order valence-corrected chi connectivity index (χ4v) is 3.91. The molecule has 0 bridgehead atoms. The van der Waals surface area contributed by atoms with Crippen molar-refractivity contribution in [2.45, 2.75) is 18.7 Å². The Kier molecular flexibility index (Phi) is 5.89. The summed E-state index contributed by atoms with van der Waals surface area (Å²) in [6, 6.07) is 18.5. The minimum absolute atomic E-state index is 0.0787. The van der Waals surface area contributed by atoms with Crippen LogP contribution in [0.2, 0.25) is 0 Å². The molecular formula is C22H22N2O4S. The molecule has 1 amide bonds. The van der Waals surface area contributed by atoms with Crippen LogP contribution in [0.3, 0.4) is 0 Å². The molecule has 7 heteroatoms. The molecule has 0 saturated carbocycles. The SMILES string of the molecule is COc1ccc(C)cc1NS(=O)(=O)c1ccc(NC(=O)c2ccccc2C)cc1. The van der Waals surface area contributed by atoms with E-state index in [1.807, 2.05) is 32.0 Å². The fraction of sp³-hybridized carbons (Fsp3) is 0.136. The summed E-state index contributed by atoms with van der Waals surface area (Å²) in [5, 5.41) is 2.78. The maximum Gasteiger partial charge on any atom is 0.262 e. The van der Waals surface area contributed by atoms with Gasteiger partial charge in [0.1, 0.15) is 5.75 Å². The number of carbonyl (C=O) groups is 1. The number of carbonyl (C=O) groups excluding carboxylic acids is 1. The number of methoxy groups -OCH3 is 1. The van der Waals surface area contributed by atoms with Gasteiger partial charge < -0.3 is 10.1 Å². The Balaban J connectivity index is 1.78. The maximum absolute atomic E-state index is 12.7. The van der Waals surface area contributed by atoms with Crippen molar-refractivity contribution in [3.63, 3.8) is 0 Å². The van der Waals surface area contributed by atoms with Crippen molar-refractivity contribution in [1.82, 2.24) is 0 Å². The largest absolute Gasteiger partial charge is 0.495 e. The number of hydrogen-bond acceptors (Lipinski definition) is 4. The molecule has 3 rings (SSSR count). The minimum Gasteiger partial charge on any atom is -0.495 e. The number of hydrogen-bond donors (Lipinski definition) is 2. The van der Waals surface area contributed by atoms with E-state index in [9.17, 15) is 13.2 Å². The van der Waals surface area contributed by atoms with Crippen LogP contribution in [0.4, 0.5) is 11.4 Å². The van der Waals surface area contributed by atoms with Crippen LogP contribution in [0, 0.1) is 13.8 Å². The van der Waals surface area contributed by atoms with Gasteiger partial charge in [-0.15, -0.1) is 0 Å². The van der Waals surface area contributed by atoms with Gasteiger partial charge in [0.05, 0.1) is 17.7 Å². The lowest BCUT2D eigenvalue weighted by Gasteiger charge is -2.13. The average molecular weight is 410 g/mol. The third-order valence-corrected chi connectivity index (χ3v) is 5.79. The Morgan fingerprint density at radius 3 is 2.28 bits per heavy atom. The molecule has 6 nitrogen and oxygen atoms in total. The molecule has 0 aromatic heterocycles. The van der Waals surface area contributed by atoms with Crippen molar-refractivity contribution in [2.24, 2.45) is 0 Å². The summed E-state index contributed by atoms with van der Waals surface area (Å²) in [4.78, 5) is 12.5. The van der Waals surface area contributed by atoms with Gasteiger partial charge in [0.25, 0.3) is 15.9 Å². The van der Waals surface area contributed by atoms with Gasteiger partial charge in [-0.2, -0.15) is 0 Å². The van der Waals surface area contributed by atoms with E-state index in [0.29, 0.717) is 22.7 Å². The highest BCUT2D eigenvalue weighted by Gasteiger charge is 2.17. The van der Waals surface area contributed by atoms with Crippen LogP contribution in [0.1, 0.15) is 21.5 Å². The van der Waals surface area contributed by atoms with Gasteiger partial charge in [-0.05, 0) is 67.4 Å². The molecule has 0 aliphatic rings. The summed E-state index contributed by atoms with van der Waals surface area (Å²) in [6.07, 6.45) is 0. The second-order valence-electron chi connectivity index (χ2n) is 6.60. The lowest BCUT2D eigenvalue weighted by atomic mass is 10.1. The summed E-state index contributed by atoms with van der Waals surface area (Å²) in [5.41, 5.74) is 3.20. The third-order valence-electron chi connectivity index (χ3n) is 4.41. The first-order valence-electron chi connectivity index (χ1n) is 8.94. The minimum atomic E-state index is -3.81. The highest BCUT2D eigenvalue weighted by Crippen LogP contribution is 2.28. The normalized spacial score (nSPS) is 11.0. The average Bonchev–Trinajstić information content (AvgIpc) is 2.68. The molecule has 0 fully saturated rings. The molecule has 0 atom stereocenters. The summed E-state index contributed by atoms with van der Waals surface area (Å²) in [6.45, 7) is 3.72. The highest BCUT2D eigenvalue weighted by molar-refractivity contribution is 7.92. The molecule has 3 aromatic carbocycles. The van der Waals surface area contributed by atoms with E-state index < -0.39 is 10.0 Å². The number of nitrogens with one attached hydrogen (secondary N) is 2. The second kappa shape index (κ2) is 8.36. The topological polar surface area (TPSA) is 84.5 Å². The lowest BCUT2D eigenvalue weighted by Crippen LogP contribution is -2.15. The van der Waals surface area contributed by atoms with Gasteiger partial charge in [0.2, 0.25) is 0 Å². The van der Waals surface area contributed by atoms with Gasteiger partial charge in [-0.1, -0.05) is 24.3 Å². The second-order valence-corrected chi connectivity index (χ2v) is 8.29. The van der Waals surface area contributed by atoms with Crippen molar-refractivity contribution < 1.29 is 17.9 Å². The van der Waals surface area contributed by atoms with Crippen LogP contribution in [0.15, 0.2) is 71.6 Å². The standard InChI is InChI=1S/C22H22N2O4S/c1-15-8-13-21(28-3)20(14-15)24-29(26,27)18-11-9-17(10-12-18)23-22(25)19-7-5-4-6-16(19)2/h4-14,24H,1-3H3,(H,23,25). The first-order valence-corrected chi connectivity index (χ1v) is 10.4. The number of rotatable bonds is 6. The van der Waals surface area contributed by atoms with Crippen LogP contribution in [0.5, 0.6) is 5.75 Å². The smallest absolute Gasteiger partial charge is 0.262 e. The van der Waals surface area contributed by atoms with E-state index in [1.165, 1.54) is 19.2 Å². The number of benzene rings is 3. The van der Waals surface area contributed by atoms with E-state index in [2.05, 4.69) is 10.0 Å². The molecule has 0 aliphatic carbocycles. The molecule has 150 valence electrons. The van der Waals surface area contributed by atoms with Gasteiger partial charge in [0, 0.05) is 11.3 Å². The van der Waals surface area contributed by atoms with Crippen LogP contribution in [-0.4, -0.2) is 21.4 Å². The number of sulfonamides is 1. The molecule has 0 aliphatic heterocycles. The maximum atomic E-state index is 12.7. The zero-order chi connectivity index (χ0) is 21.0. The predicted octanol–water partition coefficient (Wildman–Crippen LogP) is 4.37. The van der Waals surface area contributed by atoms with E-state index in [4.69, 9.17) is 4.74 Å². The number of aryl methyl sites for hydroxylation is 2. The summed E-state index contributed by atoms with van der Waals surface area (Å²) < 4.78 is 33.2. The first-order chi connectivity index (χ1) is 13.8. The monoisotopic (exact) mass is 410 g/mol.